The van der Waals surface area contributed by atoms with Crippen molar-refractivity contribution >= 4 is 11.4 Å². The molecule has 23 heavy (non-hydrogen) atoms. The molecule has 1 aromatic heterocycles. The molecule has 0 amide bonds. The SMILES string of the molecule is Cc1nnc(C2CCN(c3ccc(NN)cc3)CC2)n1C1CC1. The number of hydrogen-bond donors (Lipinski definition) is 2. The Balaban J connectivity index is 1.44. The third-order valence-corrected chi connectivity index (χ3v) is 5.06. The van der Waals surface area contributed by atoms with Gasteiger partial charge < -0.3 is 14.9 Å². The largest absolute Gasteiger partial charge is 0.371 e. The Morgan fingerprint density at radius 1 is 1.04 bits per heavy atom. The molecule has 1 aliphatic carbocycles. The molecule has 6 nitrogen and oxygen atoms in total. The van der Waals surface area contributed by atoms with Gasteiger partial charge in [-0.15, -0.1) is 10.2 Å². The lowest BCUT2D eigenvalue weighted by Crippen LogP contribution is -2.33. The highest BCUT2D eigenvalue weighted by atomic mass is 15.3. The first kappa shape index (κ1) is 14.5. The minimum absolute atomic E-state index is 0.540. The predicted molar refractivity (Wildman–Crippen MR) is 91.5 cm³/mol. The number of nitrogens with zero attached hydrogens (tertiary/aromatic N) is 4. The zero-order chi connectivity index (χ0) is 15.8. The standard InChI is InChI=1S/C17H24N6/c1-12-20-21-17(23(12)16-6-7-16)13-8-10-22(11-9-13)15-4-2-14(19-18)3-5-15/h2-5,13,16,19H,6-11,18H2,1H3. The van der Waals surface area contributed by atoms with Gasteiger partial charge in [0.25, 0.3) is 0 Å². The number of aryl methyl sites for hydroxylation is 1. The molecular formula is C17H24N6. The highest BCUT2D eigenvalue weighted by Crippen LogP contribution is 2.39. The Morgan fingerprint density at radius 2 is 1.74 bits per heavy atom. The zero-order valence-electron chi connectivity index (χ0n) is 13.6. The van der Waals surface area contributed by atoms with Crippen LogP contribution < -0.4 is 16.2 Å². The number of hydrazine groups is 1. The zero-order valence-corrected chi connectivity index (χ0v) is 13.6. The van der Waals surface area contributed by atoms with Crippen molar-refractivity contribution in [2.24, 2.45) is 5.84 Å². The number of hydrogen-bond acceptors (Lipinski definition) is 5. The van der Waals surface area contributed by atoms with E-state index in [2.05, 4.69) is 44.1 Å². The van der Waals surface area contributed by atoms with Crippen LogP contribution in [0.1, 0.15) is 49.3 Å². The second-order valence-corrected chi connectivity index (χ2v) is 6.66. The maximum Gasteiger partial charge on any atom is 0.136 e. The van der Waals surface area contributed by atoms with Crippen molar-refractivity contribution in [3.8, 4) is 0 Å². The van der Waals surface area contributed by atoms with Crippen molar-refractivity contribution in [3.05, 3.63) is 35.9 Å². The molecule has 0 radical (unpaired) electrons. The lowest BCUT2D eigenvalue weighted by Gasteiger charge is -2.33. The molecule has 1 saturated carbocycles. The van der Waals surface area contributed by atoms with Gasteiger partial charge in [0.2, 0.25) is 0 Å². The van der Waals surface area contributed by atoms with Crippen LogP contribution in [0.15, 0.2) is 24.3 Å². The number of nitrogens with two attached hydrogens (primary N) is 1. The summed E-state index contributed by atoms with van der Waals surface area (Å²) in [5.41, 5.74) is 4.88. The average molecular weight is 312 g/mol. The Labute approximate surface area is 136 Å². The van der Waals surface area contributed by atoms with Crippen LogP contribution in [-0.2, 0) is 0 Å². The van der Waals surface area contributed by atoms with E-state index in [1.54, 1.807) is 0 Å². The van der Waals surface area contributed by atoms with Crippen LogP contribution in [0.4, 0.5) is 11.4 Å². The van der Waals surface area contributed by atoms with Gasteiger partial charge in [0.15, 0.2) is 0 Å². The minimum atomic E-state index is 0.540. The van der Waals surface area contributed by atoms with E-state index in [0.29, 0.717) is 12.0 Å². The van der Waals surface area contributed by atoms with Crippen molar-refractivity contribution in [2.45, 2.75) is 44.6 Å². The second-order valence-electron chi connectivity index (χ2n) is 6.66. The molecule has 0 spiro atoms. The Hall–Kier alpha value is -2.08. The molecule has 2 fully saturated rings. The quantitative estimate of drug-likeness (QED) is 0.670. The number of anilines is 2. The van der Waals surface area contributed by atoms with Gasteiger partial charge in [-0.05, 0) is 56.9 Å². The summed E-state index contributed by atoms with van der Waals surface area (Å²) >= 11 is 0. The topological polar surface area (TPSA) is 72.0 Å². The van der Waals surface area contributed by atoms with E-state index >= 15 is 0 Å². The summed E-state index contributed by atoms with van der Waals surface area (Å²) in [4.78, 5) is 2.45. The molecule has 4 rings (SSSR count). The molecule has 3 N–H and O–H groups in total. The lowest BCUT2D eigenvalue weighted by atomic mass is 9.95. The Kier molecular flexibility index (Phi) is 3.69. The molecular weight excluding hydrogens is 288 g/mol. The van der Waals surface area contributed by atoms with Crippen LogP contribution in [-0.4, -0.2) is 27.9 Å². The molecule has 2 aromatic rings. The van der Waals surface area contributed by atoms with E-state index < -0.39 is 0 Å². The molecule has 122 valence electrons. The first-order valence-electron chi connectivity index (χ1n) is 8.49. The van der Waals surface area contributed by atoms with Crippen molar-refractivity contribution in [3.63, 3.8) is 0 Å². The molecule has 2 heterocycles. The van der Waals surface area contributed by atoms with E-state index in [-0.39, 0.29) is 0 Å². The van der Waals surface area contributed by atoms with Crippen LogP contribution in [0.3, 0.4) is 0 Å². The molecule has 0 atom stereocenters. The maximum absolute atomic E-state index is 5.43. The van der Waals surface area contributed by atoms with Crippen molar-refractivity contribution in [1.82, 2.24) is 14.8 Å². The second kappa shape index (κ2) is 5.85. The van der Waals surface area contributed by atoms with Crippen LogP contribution in [0.5, 0.6) is 0 Å². The number of rotatable bonds is 4. The molecule has 6 heteroatoms. The van der Waals surface area contributed by atoms with Gasteiger partial charge >= 0.3 is 0 Å². The highest BCUT2D eigenvalue weighted by molar-refractivity contribution is 5.54. The van der Waals surface area contributed by atoms with E-state index in [1.165, 1.54) is 24.4 Å². The molecule has 1 aliphatic heterocycles. The summed E-state index contributed by atoms with van der Waals surface area (Å²) in [6.45, 7) is 4.21. The maximum atomic E-state index is 5.43. The van der Waals surface area contributed by atoms with Gasteiger partial charge in [-0.1, -0.05) is 0 Å². The fourth-order valence-corrected chi connectivity index (χ4v) is 3.61. The smallest absolute Gasteiger partial charge is 0.136 e. The fraction of sp³-hybridized carbons (Fsp3) is 0.529. The van der Waals surface area contributed by atoms with Gasteiger partial charge in [-0.3, -0.25) is 5.84 Å². The number of benzene rings is 1. The monoisotopic (exact) mass is 312 g/mol. The van der Waals surface area contributed by atoms with Gasteiger partial charge in [-0.25, -0.2) is 0 Å². The van der Waals surface area contributed by atoms with Gasteiger partial charge in [0.1, 0.15) is 11.6 Å². The Morgan fingerprint density at radius 3 is 2.35 bits per heavy atom. The first-order chi connectivity index (χ1) is 11.3. The minimum Gasteiger partial charge on any atom is -0.371 e. The normalized spacial score (nSPS) is 19.1. The van der Waals surface area contributed by atoms with Gasteiger partial charge in [0.05, 0.1) is 0 Å². The summed E-state index contributed by atoms with van der Waals surface area (Å²) in [7, 11) is 0. The predicted octanol–water partition coefficient (Wildman–Crippen LogP) is 2.59. The average Bonchev–Trinajstić information content (AvgIpc) is 3.37. The summed E-state index contributed by atoms with van der Waals surface area (Å²) in [6.07, 6.45) is 4.85. The number of nitrogen functional groups attached to an aromatic ring is 1. The summed E-state index contributed by atoms with van der Waals surface area (Å²) in [5.74, 6) is 8.26. The van der Waals surface area contributed by atoms with Crippen LogP contribution in [0, 0.1) is 6.92 Å². The van der Waals surface area contributed by atoms with Gasteiger partial charge in [0, 0.05) is 36.4 Å². The number of piperidine rings is 1. The highest BCUT2D eigenvalue weighted by Gasteiger charge is 2.32. The molecule has 0 bridgehead atoms. The molecule has 0 unspecified atom stereocenters. The Bertz CT molecular complexity index is 665. The van der Waals surface area contributed by atoms with Crippen molar-refractivity contribution < 1.29 is 0 Å². The van der Waals surface area contributed by atoms with E-state index in [1.807, 2.05) is 12.1 Å². The number of nitrogens with one attached hydrogen (secondary N) is 1. The van der Waals surface area contributed by atoms with Crippen molar-refractivity contribution in [1.29, 1.82) is 0 Å². The molecule has 2 aliphatic rings. The molecule has 1 saturated heterocycles. The van der Waals surface area contributed by atoms with Crippen molar-refractivity contribution in [2.75, 3.05) is 23.4 Å². The first-order valence-corrected chi connectivity index (χ1v) is 8.49. The van der Waals surface area contributed by atoms with E-state index in [9.17, 15) is 0 Å². The summed E-state index contributed by atoms with van der Waals surface area (Å²) in [6, 6.07) is 8.97. The fourth-order valence-electron chi connectivity index (χ4n) is 3.61. The van der Waals surface area contributed by atoms with Crippen LogP contribution in [0.25, 0.3) is 0 Å². The summed E-state index contributed by atoms with van der Waals surface area (Å²) in [5, 5.41) is 8.82. The third-order valence-electron chi connectivity index (χ3n) is 5.06. The van der Waals surface area contributed by atoms with Crippen LogP contribution >= 0.6 is 0 Å². The summed E-state index contributed by atoms with van der Waals surface area (Å²) < 4.78 is 2.39. The molecule has 1 aromatic carbocycles. The third kappa shape index (κ3) is 2.79. The van der Waals surface area contributed by atoms with Crippen LogP contribution in [0.2, 0.25) is 0 Å². The van der Waals surface area contributed by atoms with Gasteiger partial charge in [-0.2, -0.15) is 0 Å². The van der Waals surface area contributed by atoms with E-state index in [0.717, 1.165) is 37.4 Å². The van der Waals surface area contributed by atoms with E-state index in [4.69, 9.17) is 5.84 Å². The number of aromatic nitrogens is 3. The lowest BCUT2D eigenvalue weighted by molar-refractivity contribution is 0.463.